The fraction of sp³-hybridized carbons (Fsp3) is 0.357. The van der Waals surface area contributed by atoms with Crippen molar-refractivity contribution >= 4 is 10.9 Å². The maximum Gasteiger partial charge on any atom is 0.120 e. The van der Waals surface area contributed by atoms with E-state index in [0.29, 0.717) is 6.54 Å². The second kappa shape index (κ2) is 4.72. The summed E-state index contributed by atoms with van der Waals surface area (Å²) in [5.41, 5.74) is 8.70. The van der Waals surface area contributed by atoms with Gasteiger partial charge in [-0.1, -0.05) is 0 Å². The Hall–Kier alpha value is -1.61. The van der Waals surface area contributed by atoms with E-state index in [-0.39, 0.29) is 6.10 Å². The molecule has 2 rings (SSSR count). The number of nitrogens with two attached hydrogens (primary N) is 1. The van der Waals surface area contributed by atoms with Crippen LogP contribution >= 0.6 is 0 Å². The van der Waals surface area contributed by atoms with Crippen LogP contribution in [0.25, 0.3) is 10.9 Å². The Morgan fingerprint density at radius 2 is 2.06 bits per heavy atom. The molecule has 2 N–H and O–H groups in total. The highest BCUT2D eigenvalue weighted by Crippen LogP contribution is 2.22. The van der Waals surface area contributed by atoms with E-state index in [2.05, 4.69) is 11.1 Å². The van der Waals surface area contributed by atoms with Gasteiger partial charge >= 0.3 is 0 Å². The lowest BCUT2D eigenvalue weighted by Gasteiger charge is -2.11. The third-order valence-electron chi connectivity index (χ3n) is 2.65. The zero-order chi connectivity index (χ0) is 12.4. The minimum Gasteiger partial charge on any atom is -0.491 e. The van der Waals surface area contributed by atoms with Gasteiger partial charge in [-0.3, -0.25) is 4.98 Å². The fourth-order valence-electron chi connectivity index (χ4n) is 1.85. The maximum atomic E-state index is 5.67. The summed E-state index contributed by atoms with van der Waals surface area (Å²) in [7, 11) is 0. The molecular formula is C14H18N2O. The number of aromatic nitrogens is 1. The third-order valence-corrected chi connectivity index (χ3v) is 2.65. The molecule has 0 saturated carbocycles. The van der Waals surface area contributed by atoms with E-state index in [0.717, 1.165) is 27.9 Å². The molecule has 0 aliphatic rings. The molecule has 0 spiro atoms. The minimum absolute atomic E-state index is 0.185. The van der Waals surface area contributed by atoms with E-state index < -0.39 is 0 Å². The second-order valence-electron chi connectivity index (χ2n) is 4.48. The summed E-state index contributed by atoms with van der Waals surface area (Å²) in [6, 6.07) is 8.06. The molecule has 0 fully saturated rings. The van der Waals surface area contributed by atoms with Crippen LogP contribution < -0.4 is 10.5 Å². The van der Waals surface area contributed by atoms with Gasteiger partial charge in [0, 0.05) is 11.9 Å². The standard InChI is InChI=1S/C14H18N2O/c1-9(2)17-12-4-5-13-11(7-12)6-10(3)14(8-15)16-13/h4-7,9H,8,15H2,1-3H3. The average Bonchev–Trinajstić information content (AvgIpc) is 2.27. The molecule has 0 unspecified atom stereocenters. The van der Waals surface area contributed by atoms with E-state index in [9.17, 15) is 0 Å². The second-order valence-corrected chi connectivity index (χ2v) is 4.48. The molecule has 0 aliphatic carbocycles. The van der Waals surface area contributed by atoms with Gasteiger partial charge in [0.05, 0.1) is 17.3 Å². The molecule has 3 heteroatoms. The van der Waals surface area contributed by atoms with Gasteiger partial charge in [-0.25, -0.2) is 0 Å². The Labute approximate surface area is 102 Å². The van der Waals surface area contributed by atoms with Crippen LogP contribution in [0.2, 0.25) is 0 Å². The van der Waals surface area contributed by atoms with Crippen molar-refractivity contribution < 1.29 is 4.74 Å². The first-order valence-electron chi connectivity index (χ1n) is 5.87. The van der Waals surface area contributed by atoms with E-state index in [1.165, 1.54) is 0 Å². The van der Waals surface area contributed by atoms with Crippen molar-refractivity contribution in [3.63, 3.8) is 0 Å². The molecule has 1 aromatic carbocycles. The summed E-state index contributed by atoms with van der Waals surface area (Å²) in [6.07, 6.45) is 0.185. The van der Waals surface area contributed by atoms with Crippen molar-refractivity contribution in [3.05, 3.63) is 35.5 Å². The first-order chi connectivity index (χ1) is 8.10. The van der Waals surface area contributed by atoms with E-state index in [1.807, 2.05) is 39.0 Å². The third kappa shape index (κ3) is 2.56. The fourth-order valence-corrected chi connectivity index (χ4v) is 1.85. The number of pyridine rings is 1. The van der Waals surface area contributed by atoms with Crippen molar-refractivity contribution in [2.45, 2.75) is 33.4 Å². The Morgan fingerprint density at radius 3 is 2.71 bits per heavy atom. The van der Waals surface area contributed by atoms with Gasteiger partial charge in [0.25, 0.3) is 0 Å². The monoisotopic (exact) mass is 230 g/mol. The van der Waals surface area contributed by atoms with Gasteiger partial charge in [-0.05, 0) is 50.6 Å². The molecule has 0 radical (unpaired) electrons. The maximum absolute atomic E-state index is 5.67. The summed E-state index contributed by atoms with van der Waals surface area (Å²) in [5, 5.41) is 1.10. The van der Waals surface area contributed by atoms with Crippen molar-refractivity contribution in [3.8, 4) is 5.75 Å². The molecule has 0 atom stereocenters. The predicted molar refractivity (Wildman–Crippen MR) is 70.1 cm³/mol. The highest BCUT2D eigenvalue weighted by molar-refractivity contribution is 5.81. The summed E-state index contributed by atoms with van der Waals surface area (Å²) in [6.45, 7) is 6.55. The number of rotatable bonds is 3. The van der Waals surface area contributed by atoms with Crippen LogP contribution in [0.5, 0.6) is 5.75 Å². The van der Waals surface area contributed by atoms with Crippen LogP contribution in [0.1, 0.15) is 25.1 Å². The number of nitrogens with zero attached hydrogens (tertiary/aromatic N) is 1. The topological polar surface area (TPSA) is 48.1 Å². The molecule has 3 nitrogen and oxygen atoms in total. The molecular weight excluding hydrogens is 212 g/mol. The van der Waals surface area contributed by atoms with Gasteiger partial charge < -0.3 is 10.5 Å². The van der Waals surface area contributed by atoms with Gasteiger partial charge in [-0.15, -0.1) is 0 Å². The lowest BCUT2D eigenvalue weighted by atomic mass is 10.1. The highest BCUT2D eigenvalue weighted by atomic mass is 16.5. The highest BCUT2D eigenvalue weighted by Gasteiger charge is 2.04. The smallest absolute Gasteiger partial charge is 0.120 e. The van der Waals surface area contributed by atoms with Crippen molar-refractivity contribution in [2.75, 3.05) is 0 Å². The molecule has 17 heavy (non-hydrogen) atoms. The number of hydrogen-bond acceptors (Lipinski definition) is 3. The predicted octanol–water partition coefficient (Wildman–Crippen LogP) is 2.79. The van der Waals surface area contributed by atoms with Gasteiger partial charge in [0.15, 0.2) is 0 Å². The van der Waals surface area contributed by atoms with Crippen LogP contribution in [0, 0.1) is 6.92 Å². The van der Waals surface area contributed by atoms with E-state index in [1.54, 1.807) is 0 Å². The summed E-state index contributed by atoms with van der Waals surface area (Å²) in [5.74, 6) is 0.884. The van der Waals surface area contributed by atoms with Gasteiger partial charge in [0.1, 0.15) is 5.75 Å². The number of benzene rings is 1. The molecule has 0 saturated heterocycles. The average molecular weight is 230 g/mol. The largest absolute Gasteiger partial charge is 0.491 e. The van der Waals surface area contributed by atoms with Crippen LogP contribution in [0.3, 0.4) is 0 Å². The van der Waals surface area contributed by atoms with E-state index in [4.69, 9.17) is 10.5 Å². The zero-order valence-electron chi connectivity index (χ0n) is 10.5. The van der Waals surface area contributed by atoms with Crippen LogP contribution in [-0.2, 0) is 6.54 Å². The summed E-state index contributed by atoms with van der Waals surface area (Å²) < 4.78 is 5.67. The lowest BCUT2D eigenvalue weighted by molar-refractivity contribution is 0.243. The number of aryl methyl sites for hydroxylation is 1. The molecule has 0 bridgehead atoms. The summed E-state index contributed by atoms with van der Waals surface area (Å²) >= 11 is 0. The number of fused-ring (bicyclic) bond motifs is 1. The van der Waals surface area contributed by atoms with Crippen LogP contribution in [-0.4, -0.2) is 11.1 Å². The zero-order valence-corrected chi connectivity index (χ0v) is 10.5. The molecule has 0 amide bonds. The van der Waals surface area contributed by atoms with Crippen LogP contribution in [0.15, 0.2) is 24.3 Å². The van der Waals surface area contributed by atoms with Crippen molar-refractivity contribution in [1.29, 1.82) is 0 Å². The van der Waals surface area contributed by atoms with Crippen molar-refractivity contribution in [2.24, 2.45) is 5.73 Å². The normalized spacial score (nSPS) is 11.1. The molecule has 1 aromatic heterocycles. The minimum atomic E-state index is 0.185. The lowest BCUT2D eigenvalue weighted by Crippen LogP contribution is -2.06. The Morgan fingerprint density at radius 1 is 1.29 bits per heavy atom. The Balaban J connectivity index is 2.47. The molecule has 1 heterocycles. The molecule has 90 valence electrons. The van der Waals surface area contributed by atoms with Gasteiger partial charge in [-0.2, -0.15) is 0 Å². The van der Waals surface area contributed by atoms with E-state index >= 15 is 0 Å². The summed E-state index contributed by atoms with van der Waals surface area (Å²) in [4.78, 5) is 4.53. The molecule has 2 aromatic rings. The number of hydrogen-bond donors (Lipinski definition) is 1. The van der Waals surface area contributed by atoms with Crippen molar-refractivity contribution in [1.82, 2.24) is 4.98 Å². The first kappa shape index (κ1) is 11.9. The first-order valence-corrected chi connectivity index (χ1v) is 5.87. The number of ether oxygens (including phenoxy) is 1. The Bertz CT molecular complexity index is 535. The quantitative estimate of drug-likeness (QED) is 0.882. The SMILES string of the molecule is Cc1cc2cc(OC(C)C)ccc2nc1CN. The van der Waals surface area contributed by atoms with Gasteiger partial charge in [0.2, 0.25) is 0 Å². The van der Waals surface area contributed by atoms with Crippen LogP contribution in [0.4, 0.5) is 0 Å². The molecule has 0 aliphatic heterocycles. The Kier molecular flexibility index (Phi) is 3.29.